The molecule has 1 unspecified atom stereocenters. The quantitative estimate of drug-likeness (QED) is 0.907. The number of aliphatic hydroxyl groups is 1. The van der Waals surface area contributed by atoms with Crippen molar-refractivity contribution < 1.29 is 5.11 Å². The van der Waals surface area contributed by atoms with Gasteiger partial charge in [-0.05, 0) is 13.0 Å². The van der Waals surface area contributed by atoms with Crippen LogP contribution in [0, 0.1) is 0 Å². The number of benzene rings is 1. The van der Waals surface area contributed by atoms with Crippen molar-refractivity contribution >= 4 is 11.6 Å². The van der Waals surface area contributed by atoms with Crippen LogP contribution in [0.4, 0.5) is 0 Å². The highest BCUT2D eigenvalue weighted by Gasteiger charge is 2.27. The van der Waals surface area contributed by atoms with Gasteiger partial charge in [-0.1, -0.05) is 35.0 Å². The zero-order chi connectivity index (χ0) is 12.5. The normalized spacial score (nSPS) is 14.6. The van der Waals surface area contributed by atoms with Gasteiger partial charge in [-0.3, -0.25) is 4.68 Å². The third kappa shape index (κ3) is 2.65. The van der Waals surface area contributed by atoms with Crippen LogP contribution >= 0.6 is 11.6 Å². The van der Waals surface area contributed by atoms with Gasteiger partial charge in [0, 0.05) is 30.3 Å². The fourth-order valence-electron chi connectivity index (χ4n) is 1.82. The molecule has 90 valence electrons. The third-order valence-electron chi connectivity index (χ3n) is 2.63. The van der Waals surface area contributed by atoms with Crippen LogP contribution in [0.15, 0.2) is 30.5 Å². The number of hydrogen-bond donors (Lipinski definition) is 1. The molecule has 1 N–H and O–H groups in total. The molecule has 0 amide bonds. The minimum absolute atomic E-state index is 0.380. The minimum atomic E-state index is -1.05. The van der Waals surface area contributed by atoms with E-state index in [9.17, 15) is 5.11 Å². The molecule has 1 atom stereocenters. The molecule has 17 heavy (non-hydrogen) atoms. The molecule has 2 aromatic rings. The van der Waals surface area contributed by atoms with Gasteiger partial charge in [-0.25, -0.2) is 0 Å². The molecule has 0 bridgehead atoms. The predicted octanol–water partition coefficient (Wildman–Crippen LogP) is 1.92. The van der Waals surface area contributed by atoms with Gasteiger partial charge in [-0.2, -0.15) is 0 Å². The average Bonchev–Trinajstić information content (AvgIpc) is 2.63. The van der Waals surface area contributed by atoms with Gasteiger partial charge in [0.05, 0.1) is 11.3 Å². The van der Waals surface area contributed by atoms with E-state index in [1.54, 1.807) is 30.9 Å². The van der Waals surface area contributed by atoms with Crippen molar-refractivity contribution in [3.05, 3.63) is 46.7 Å². The standard InChI is InChI=1S/C12H14ClN3O/c1-12(17,7-9-8-16(2)15-14-9)10-5-3-4-6-11(10)13/h3-6,8,17H,7H2,1-2H3. The van der Waals surface area contributed by atoms with Crippen LogP contribution in [0.1, 0.15) is 18.2 Å². The van der Waals surface area contributed by atoms with Gasteiger partial charge < -0.3 is 5.11 Å². The first kappa shape index (κ1) is 12.1. The van der Waals surface area contributed by atoms with Crippen molar-refractivity contribution in [3.63, 3.8) is 0 Å². The lowest BCUT2D eigenvalue weighted by Crippen LogP contribution is -2.24. The second-order valence-electron chi connectivity index (χ2n) is 4.31. The van der Waals surface area contributed by atoms with E-state index in [1.165, 1.54) is 0 Å². The summed E-state index contributed by atoms with van der Waals surface area (Å²) in [5.74, 6) is 0. The maximum absolute atomic E-state index is 10.5. The Morgan fingerprint density at radius 2 is 2.12 bits per heavy atom. The summed E-state index contributed by atoms with van der Waals surface area (Å²) in [7, 11) is 1.79. The molecule has 1 aromatic carbocycles. The highest BCUT2D eigenvalue weighted by molar-refractivity contribution is 6.31. The van der Waals surface area contributed by atoms with Crippen molar-refractivity contribution in [1.29, 1.82) is 0 Å². The Hall–Kier alpha value is -1.39. The van der Waals surface area contributed by atoms with E-state index in [2.05, 4.69) is 10.3 Å². The van der Waals surface area contributed by atoms with Gasteiger partial charge in [0.2, 0.25) is 0 Å². The lowest BCUT2D eigenvalue weighted by molar-refractivity contribution is 0.0567. The van der Waals surface area contributed by atoms with Crippen LogP contribution < -0.4 is 0 Å². The zero-order valence-corrected chi connectivity index (χ0v) is 10.5. The van der Waals surface area contributed by atoms with Crippen molar-refractivity contribution in [2.45, 2.75) is 18.9 Å². The first-order valence-electron chi connectivity index (χ1n) is 5.31. The summed E-state index contributed by atoms with van der Waals surface area (Å²) in [5.41, 5.74) is 0.388. The molecule has 0 aliphatic heterocycles. The summed E-state index contributed by atoms with van der Waals surface area (Å²) in [6.45, 7) is 1.73. The highest BCUT2D eigenvalue weighted by atomic mass is 35.5. The lowest BCUT2D eigenvalue weighted by Gasteiger charge is -2.23. The molecular weight excluding hydrogens is 238 g/mol. The Labute approximate surface area is 105 Å². The lowest BCUT2D eigenvalue weighted by atomic mass is 9.91. The summed E-state index contributed by atoms with van der Waals surface area (Å²) in [6.07, 6.45) is 2.16. The van der Waals surface area contributed by atoms with Gasteiger partial charge in [0.25, 0.3) is 0 Å². The summed E-state index contributed by atoms with van der Waals surface area (Å²) in [5, 5.41) is 18.8. The number of hydrogen-bond acceptors (Lipinski definition) is 3. The molecule has 1 aromatic heterocycles. The first-order chi connectivity index (χ1) is 7.99. The number of nitrogens with zero attached hydrogens (tertiary/aromatic N) is 3. The Balaban J connectivity index is 2.27. The first-order valence-corrected chi connectivity index (χ1v) is 5.69. The van der Waals surface area contributed by atoms with E-state index in [4.69, 9.17) is 11.6 Å². The molecule has 0 saturated carbocycles. The van der Waals surface area contributed by atoms with E-state index < -0.39 is 5.60 Å². The number of halogens is 1. The van der Waals surface area contributed by atoms with Crippen LogP contribution in [0.3, 0.4) is 0 Å². The zero-order valence-electron chi connectivity index (χ0n) is 9.76. The molecule has 0 spiro atoms. The van der Waals surface area contributed by atoms with E-state index in [-0.39, 0.29) is 0 Å². The van der Waals surface area contributed by atoms with Gasteiger partial charge >= 0.3 is 0 Å². The smallest absolute Gasteiger partial charge is 0.0939 e. The van der Waals surface area contributed by atoms with E-state index in [0.717, 1.165) is 5.69 Å². The van der Waals surface area contributed by atoms with E-state index >= 15 is 0 Å². The fraction of sp³-hybridized carbons (Fsp3) is 0.333. The second kappa shape index (κ2) is 4.47. The predicted molar refractivity (Wildman–Crippen MR) is 65.7 cm³/mol. The largest absolute Gasteiger partial charge is 0.385 e. The van der Waals surface area contributed by atoms with E-state index in [0.29, 0.717) is 17.0 Å². The Bertz CT molecular complexity index is 522. The van der Waals surface area contributed by atoms with Crippen LogP contribution in [-0.2, 0) is 19.1 Å². The average molecular weight is 252 g/mol. The van der Waals surface area contributed by atoms with Gasteiger partial charge in [0.15, 0.2) is 0 Å². The molecule has 2 rings (SSSR count). The van der Waals surface area contributed by atoms with Crippen molar-refractivity contribution in [3.8, 4) is 0 Å². The van der Waals surface area contributed by atoms with Crippen molar-refractivity contribution in [2.75, 3.05) is 0 Å². The third-order valence-corrected chi connectivity index (χ3v) is 2.96. The number of aryl methyl sites for hydroxylation is 1. The molecular formula is C12H14ClN3O. The summed E-state index contributed by atoms with van der Waals surface area (Å²) in [6, 6.07) is 7.28. The molecule has 4 nitrogen and oxygen atoms in total. The molecule has 0 fully saturated rings. The number of rotatable bonds is 3. The van der Waals surface area contributed by atoms with Gasteiger partial charge in [-0.15, -0.1) is 5.10 Å². The maximum Gasteiger partial charge on any atom is 0.0939 e. The topological polar surface area (TPSA) is 50.9 Å². The molecule has 0 saturated heterocycles. The van der Waals surface area contributed by atoms with Crippen LogP contribution in [0.2, 0.25) is 5.02 Å². The number of aromatic nitrogens is 3. The minimum Gasteiger partial charge on any atom is -0.385 e. The molecule has 1 heterocycles. The maximum atomic E-state index is 10.5. The molecule has 0 aliphatic carbocycles. The van der Waals surface area contributed by atoms with E-state index in [1.807, 2.05) is 18.2 Å². The van der Waals surface area contributed by atoms with Gasteiger partial charge in [0.1, 0.15) is 0 Å². The van der Waals surface area contributed by atoms with Crippen LogP contribution in [-0.4, -0.2) is 20.1 Å². The van der Waals surface area contributed by atoms with Crippen molar-refractivity contribution in [2.24, 2.45) is 7.05 Å². The monoisotopic (exact) mass is 251 g/mol. The Morgan fingerprint density at radius 3 is 2.71 bits per heavy atom. The Kier molecular flexibility index (Phi) is 3.17. The Morgan fingerprint density at radius 1 is 1.41 bits per heavy atom. The van der Waals surface area contributed by atoms with Crippen LogP contribution in [0.5, 0.6) is 0 Å². The van der Waals surface area contributed by atoms with Crippen LogP contribution in [0.25, 0.3) is 0 Å². The highest BCUT2D eigenvalue weighted by Crippen LogP contribution is 2.30. The molecule has 5 heteroatoms. The summed E-state index contributed by atoms with van der Waals surface area (Å²) in [4.78, 5) is 0. The second-order valence-corrected chi connectivity index (χ2v) is 4.72. The molecule has 0 radical (unpaired) electrons. The summed E-state index contributed by atoms with van der Waals surface area (Å²) >= 11 is 6.08. The van der Waals surface area contributed by atoms with Crippen molar-refractivity contribution in [1.82, 2.24) is 15.0 Å². The molecule has 0 aliphatic rings. The summed E-state index contributed by atoms with van der Waals surface area (Å²) < 4.78 is 1.61. The SMILES string of the molecule is Cn1cc(CC(C)(O)c2ccccc2Cl)nn1. The fourth-order valence-corrected chi connectivity index (χ4v) is 2.16.